The minimum Gasteiger partial charge on any atom is -0.480 e. The highest BCUT2D eigenvalue weighted by molar-refractivity contribution is 7.92. The van der Waals surface area contributed by atoms with Crippen LogP contribution in [0.3, 0.4) is 0 Å². The van der Waals surface area contributed by atoms with Crippen molar-refractivity contribution in [1.29, 1.82) is 5.26 Å². The Bertz CT molecular complexity index is 692. The summed E-state index contributed by atoms with van der Waals surface area (Å²) in [6.45, 7) is 1.44. The van der Waals surface area contributed by atoms with Gasteiger partial charge >= 0.3 is 5.97 Å². The number of aliphatic carboxylic acids is 1. The van der Waals surface area contributed by atoms with Crippen LogP contribution in [0.25, 0.3) is 0 Å². The average Bonchev–Trinajstić information content (AvgIpc) is 3.11. The Balaban J connectivity index is 2.54. The van der Waals surface area contributed by atoms with Gasteiger partial charge in [-0.2, -0.15) is 5.26 Å². The Morgan fingerprint density at radius 3 is 2.40 bits per heavy atom. The predicted octanol–water partition coefficient (Wildman–Crippen LogP) is 1.84. The number of carboxylic acid groups (broad SMARTS) is 1. The second-order valence-electron chi connectivity index (χ2n) is 4.69. The fraction of sp³-hybridized carbons (Fsp3) is 0.385. The van der Waals surface area contributed by atoms with Crippen molar-refractivity contribution in [1.82, 2.24) is 0 Å². The molecule has 1 N–H and O–H groups in total. The predicted molar refractivity (Wildman–Crippen MR) is 73.1 cm³/mol. The van der Waals surface area contributed by atoms with Gasteiger partial charge in [0, 0.05) is 16.7 Å². The van der Waals surface area contributed by atoms with Crippen LogP contribution >= 0.6 is 11.6 Å². The van der Waals surface area contributed by atoms with Gasteiger partial charge in [0.1, 0.15) is 5.25 Å². The molecule has 1 saturated carbocycles. The lowest BCUT2D eigenvalue weighted by atomic mass is 10.0. The van der Waals surface area contributed by atoms with Crippen molar-refractivity contribution in [3.63, 3.8) is 0 Å². The Morgan fingerprint density at radius 2 is 2.00 bits per heavy atom. The number of hydrogen-bond donors (Lipinski definition) is 1. The van der Waals surface area contributed by atoms with E-state index in [2.05, 4.69) is 0 Å². The number of hydrogen-bond acceptors (Lipinski definition) is 4. The van der Waals surface area contributed by atoms with Crippen LogP contribution in [0.2, 0.25) is 5.02 Å². The standard InChI is InChI=1S/C13H12ClNO4S/c1-2-20(18,19)11-10(13(11,7-15)12(16)17)8-3-5-9(14)6-4-8/h3-6,10-11H,2H2,1H3,(H,16,17)/t10-,11-,13+/m0/s1. The quantitative estimate of drug-likeness (QED) is 0.915. The fourth-order valence-corrected chi connectivity index (χ4v) is 4.63. The van der Waals surface area contributed by atoms with E-state index in [1.54, 1.807) is 30.3 Å². The molecule has 1 aliphatic carbocycles. The highest BCUT2D eigenvalue weighted by atomic mass is 35.5. The van der Waals surface area contributed by atoms with Crippen molar-refractivity contribution in [2.75, 3.05) is 5.75 Å². The molecule has 0 saturated heterocycles. The summed E-state index contributed by atoms with van der Waals surface area (Å²) < 4.78 is 24.1. The molecule has 0 aliphatic heterocycles. The van der Waals surface area contributed by atoms with Crippen LogP contribution in [0, 0.1) is 16.7 Å². The van der Waals surface area contributed by atoms with Crippen LogP contribution < -0.4 is 0 Å². The maximum absolute atomic E-state index is 12.1. The molecule has 20 heavy (non-hydrogen) atoms. The molecule has 0 radical (unpaired) electrons. The van der Waals surface area contributed by atoms with Gasteiger partial charge in [-0.05, 0) is 17.7 Å². The van der Waals surface area contributed by atoms with Gasteiger partial charge in [0.05, 0.1) is 6.07 Å². The smallest absolute Gasteiger partial charge is 0.326 e. The fourth-order valence-electron chi connectivity index (χ4n) is 2.57. The van der Waals surface area contributed by atoms with Gasteiger partial charge in [0.25, 0.3) is 0 Å². The molecule has 3 atom stereocenters. The molecule has 0 spiro atoms. The van der Waals surface area contributed by atoms with E-state index in [-0.39, 0.29) is 5.75 Å². The van der Waals surface area contributed by atoms with Crippen molar-refractivity contribution in [2.24, 2.45) is 5.41 Å². The summed E-state index contributed by atoms with van der Waals surface area (Å²) >= 11 is 5.76. The summed E-state index contributed by atoms with van der Waals surface area (Å²) in [5.74, 6) is -2.45. The highest BCUT2D eigenvalue weighted by Crippen LogP contribution is 2.63. The van der Waals surface area contributed by atoms with E-state index in [4.69, 9.17) is 11.6 Å². The number of sulfone groups is 1. The van der Waals surface area contributed by atoms with Crippen LogP contribution in [-0.2, 0) is 14.6 Å². The van der Waals surface area contributed by atoms with Gasteiger partial charge in [-0.15, -0.1) is 0 Å². The molecule has 1 aromatic carbocycles. The summed E-state index contributed by atoms with van der Waals surface area (Å²) in [5.41, 5.74) is -1.40. The largest absolute Gasteiger partial charge is 0.480 e. The van der Waals surface area contributed by atoms with Gasteiger partial charge in [-0.25, -0.2) is 8.42 Å². The number of nitrogens with zero attached hydrogens (tertiary/aromatic N) is 1. The molecule has 0 heterocycles. The average molecular weight is 314 g/mol. The third-order valence-corrected chi connectivity index (χ3v) is 6.16. The first-order valence-electron chi connectivity index (χ1n) is 5.93. The zero-order valence-electron chi connectivity index (χ0n) is 10.6. The second kappa shape index (κ2) is 4.76. The second-order valence-corrected chi connectivity index (χ2v) is 7.53. The number of rotatable bonds is 4. The highest BCUT2D eigenvalue weighted by Gasteiger charge is 2.76. The maximum atomic E-state index is 12.1. The SMILES string of the molecule is CCS(=O)(=O)[C@H]1[C@H](c2ccc(Cl)cc2)[C@@]1(C#N)C(=O)O. The first-order valence-corrected chi connectivity index (χ1v) is 8.02. The van der Waals surface area contributed by atoms with Gasteiger partial charge in [-0.1, -0.05) is 30.7 Å². The number of benzene rings is 1. The topological polar surface area (TPSA) is 95.2 Å². The molecule has 1 aromatic rings. The number of carboxylic acids is 1. The van der Waals surface area contributed by atoms with E-state index < -0.39 is 32.4 Å². The van der Waals surface area contributed by atoms with Crippen LogP contribution in [0.15, 0.2) is 24.3 Å². The zero-order chi connectivity index (χ0) is 15.1. The Kier molecular flexibility index (Phi) is 3.53. The maximum Gasteiger partial charge on any atom is 0.326 e. The minimum absolute atomic E-state index is 0.196. The van der Waals surface area contributed by atoms with Crippen LogP contribution in [0.1, 0.15) is 18.4 Å². The molecule has 5 nitrogen and oxygen atoms in total. The third-order valence-electron chi connectivity index (χ3n) is 3.69. The molecule has 106 valence electrons. The van der Waals surface area contributed by atoms with Crippen molar-refractivity contribution in [3.05, 3.63) is 34.9 Å². The molecule has 0 bridgehead atoms. The molecule has 0 unspecified atom stereocenters. The van der Waals surface area contributed by atoms with Gasteiger partial charge in [0.2, 0.25) is 0 Å². The van der Waals surface area contributed by atoms with Crippen molar-refractivity contribution < 1.29 is 18.3 Å². The molecule has 0 aromatic heterocycles. The van der Waals surface area contributed by atoms with E-state index in [0.717, 1.165) is 0 Å². The molecular formula is C13H12ClNO4S. The minimum atomic E-state index is -3.63. The Hall–Kier alpha value is -1.58. The van der Waals surface area contributed by atoms with Crippen LogP contribution in [0.4, 0.5) is 0 Å². The molecular weight excluding hydrogens is 302 g/mol. The van der Waals surface area contributed by atoms with Gasteiger partial charge < -0.3 is 5.11 Å². The summed E-state index contributed by atoms with van der Waals surface area (Å²) in [6, 6.07) is 7.92. The van der Waals surface area contributed by atoms with Crippen molar-refractivity contribution >= 4 is 27.4 Å². The van der Waals surface area contributed by atoms with E-state index >= 15 is 0 Å². The number of halogens is 1. The normalized spacial score (nSPS) is 28.6. The van der Waals surface area contributed by atoms with E-state index in [0.29, 0.717) is 10.6 Å². The molecule has 7 heteroatoms. The van der Waals surface area contributed by atoms with Gasteiger partial charge in [-0.3, -0.25) is 4.79 Å². The lowest BCUT2D eigenvalue weighted by Crippen LogP contribution is -2.23. The van der Waals surface area contributed by atoms with Crippen molar-refractivity contribution in [3.8, 4) is 6.07 Å². The molecule has 2 rings (SSSR count). The van der Waals surface area contributed by atoms with Crippen LogP contribution in [0.5, 0.6) is 0 Å². The Morgan fingerprint density at radius 1 is 1.45 bits per heavy atom. The Labute approximate surface area is 121 Å². The summed E-state index contributed by atoms with van der Waals surface area (Å²) in [4.78, 5) is 11.4. The van der Waals surface area contributed by atoms with Crippen LogP contribution in [-0.4, -0.2) is 30.5 Å². The molecule has 1 aliphatic rings. The van der Waals surface area contributed by atoms with E-state index in [1.165, 1.54) is 6.92 Å². The first kappa shape index (κ1) is 14.8. The molecule has 0 amide bonds. The van der Waals surface area contributed by atoms with E-state index in [9.17, 15) is 23.6 Å². The van der Waals surface area contributed by atoms with Crippen molar-refractivity contribution in [2.45, 2.75) is 18.1 Å². The molecule has 1 fully saturated rings. The zero-order valence-corrected chi connectivity index (χ0v) is 12.1. The summed E-state index contributed by atoms with van der Waals surface area (Å²) in [7, 11) is -3.63. The number of nitriles is 1. The first-order chi connectivity index (χ1) is 9.31. The lowest BCUT2D eigenvalue weighted by molar-refractivity contribution is -0.141. The summed E-state index contributed by atoms with van der Waals surface area (Å²) in [5, 5.41) is 17.8. The monoisotopic (exact) mass is 313 g/mol. The third kappa shape index (κ3) is 1.98. The van der Waals surface area contributed by atoms with E-state index in [1.807, 2.05) is 0 Å². The van der Waals surface area contributed by atoms with Gasteiger partial charge in [0.15, 0.2) is 15.3 Å². The lowest BCUT2D eigenvalue weighted by Gasteiger charge is -2.02. The number of carbonyl (C=O) groups is 1. The summed E-state index contributed by atoms with van der Waals surface area (Å²) in [6.07, 6.45) is 0.